The minimum absolute atomic E-state index is 0.185. The second kappa shape index (κ2) is 7.99. The monoisotopic (exact) mass is 412 g/mol. The summed E-state index contributed by atoms with van der Waals surface area (Å²) in [5.41, 5.74) is 5.35. The Bertz CT molecular complexity index is 1050. The molecule has 0 bridgehead atoms. The van der Waals surface area contributed by atoms with Gasteiger partial charge in [-0.3, -0.25) is 4.79 Å². The molecule has 0 aliphatic carbocycles. The molecule has 4 rings (SSSR count). The summed E-state index contributed by atoms with van der Waals surface area (Å²) in [6.45, 7) is 9.14. The number of aryl methyl sites for hydroxylation is 3. The number of nitrogens with zero attached hydrogens (tertiary/aromatic N) is 6. The number of piperazine rings is 1. The summed E-state index contributed by atoms with van der Waals surface area (Å²) in [5, 5.41) is 4.96. The first-order valence-corrected chi connectivity index (χ1v) is 10.3. The number of fused-ring (bicyclic) bond motifs is 1. The van der Waals surface area contributed by atoms with Crippen LogP contribution in [0.3, 0.4) is 0 Å². The van der Waals surface area contributed by atoms with E-state index in [1.54, 1.807) is 4.52 Å². The molecule has 1 aliphatic heterocycles. The molecule has 0 unspecified atom stereocenters. The molecule has 29 heavy (non-hydrogen) atoms. The van der Waals surface area contributed by atoms with Crippen LogP contribution in [0.1, 0.15) is 28.9 Å². The summed E-state index contributed by atoms with van der Waals surface area (Å²) in [5.74, 6) is 0.785. The Morgan fingerprint density at radius 2 is 1.90 bits per heavy atom. The molecule has 1 aliphatic rings. The fourth-order valence-electron chi connectivity index (χ4n) is 4.03. The zero-order valence-corrected chi connectivity index (χ0v) is 17.8. The van der Waals surface area contributed by atoms with Crippen LogP contribution in [-0.2, 0) is 11.2 Å². The van der Waals surface area contributed by atoms with Gasteiger partial charge in [0.1, 0.15) is 6.33 Å². The molecular weight excluding hydrogens is 388 g/mol. The maximum absolute atomic E-state index is 12.8. The van der Waals surface area contributed by atoms with E-state index < -0.39 is 0 Å². The maximum Gasteiger partial charge on any atom is 0.252 e. The summed E-state index contributed by atoms with van der Waals surface area (Å²) in [6.07, 6.45) is 2.64. The van der Waals surface area contributed by atoms with Crippen LogP contribution in [0.15, 0.2) is 24.5 Å². The third-order valence-corrected chi connectivity index (χ3v) is 5.96. The molecule has 0 atom stereocenters. The van der Waals surface area contributed by atoms with E-state index in [0.29, 0.717) is 18.6 Å². The van der Waals surface area contributed by atoms with Gasteiger partial charge >= 0.3 is 0 Å². The van der Waals surface area contributed by atoms with Gasteiger partial charge in [0.2, 0.25) is 5.91 Å². The van der Waals surface area contributed by atoms with Crippen LogP contribution in [0.2, 0.25) is 5.02 Å². The van der Waals surface area contributed by atoms with E-state index in [2.05, 4.69) is 26.9 Å². The van der Waals surface area contributed by atoms with Crippen LogP contribution in [0.5, 0.6) is 0 Å². The van der Waals surface area contributed by atoms with Crippen LogP contribution >= 0.6 is 11.6 Å². The second-order valence-corrected chi connectivity index (χ2v) is 7.97. The molecule has 152 valence electrons. The van der Waals surface area contributed by atoms with Gasteiger partial charge in [-0.2, -0.15) is 10.1 Å². The van der Waals surface area contributed by atoms with Gasteiger partial charge in [0.05, 0.1) is 0 Å². The Labute approximate surface area is 175 Å². The quantitative estimate of drug-likeness (QED) is 0.659. The number of rotatable bonds is 4. The standard InChI is InChI=1S/C21H25ClN6O/c1-14-4-5-17(22)12-19(14)26-8-10-27(11-9-26)20(29)7-6-18-15(2)25-21-23-13-24-28(21)16(18)3/h4-5,12-13H,6-11H2,1-3H3. The first-order valence-electron chi connectivity index (χ1n) is 9.88. The zero-order valence-electron chi connectivity index (χ0n) is 17.0. The fraction of sp³-hybridized carbons (Fsp3) is 0.429. The smallest absolute Gasteiger partial charge is 0.252 e. The second-order valence-electron chi connectivity index (χ2n) is 7.53. The number of carbonyl (C=O) groups is 1. The summed E-state index contributed by atoms with van der Waals surface area (Å²) < 4.78 is 1.74. The molecule has 3 aromatic rings. The Balaban J connectivity index is 1.38. The van der Waals surface area contributed by atoms with E-state index in [4.69, 9.17) is 11.6 Å². The average molecular weight is 413 g/mol. The third-order valence-electron chi connectivity index (χ3n) is 5.72. The zero-order chi connectivity index (χ0) is 20.5. The van der Waals surface area contributed by atoms with Gasteiger partial charge < -0.3 is 9.80 Å². The molecule has 1 amide bonds. The molecular formula is C21H25ClN6O. The topological polar surface area (TPSA) is 66.6 Å². The van der Waals surface area contributed by atoms with Gasteiger partial charge in [-0.1, -0.05) is 17.7 Å². The van der Waals surface area contributed by atoms with Crippen molar-refractivity contribution in [2.45, 2.75) is 33.6 Å². The van der Waals surface area contributed by atoms with E-state index in [1.807, 2.05) is 36.9 Å². The minimum Gasteiger partial charge on any atom is -0.368 e. The third kappa shape index (κ3) is 3.92. The Morgan fingerprint density at radius 1 is 1.14 bits per heavy atom. The van der Waals surface area contributed by atoms with Crippen molar-refractivity contribution < 1.29 is 4.79 Å². The van der Waals surface area contributed by atoms with Gasteiger partial charge in [0.15, 0.2) is 0 Å². The molecule has 3 heterocycles. The molecule has 0 saturated carbocycles. The number of benzene rings is 1. The Hall–Kier alpha value is -2.67. The van der Waals surface area contributed by atoms with Gasteiger partial charge in [0, 0.05) is 54.7 Å². The fourth-order valence-corrected chi connectivity index (χ4v) is 4.19. The molecule has 2 aromatic heterocycles. The molecule has 1 saturated heterocycles. The highest BCUT2D eigenvalue weighted by atomic mass is 35.5. The van der Waals surface area contributed by atoms with Gasteiger partial charge in [-0.15, -0.1) is 0 Å². The summed E-state index contributed by atoms with van der Waals surface area (Å²) >= 11 is 6.16. The predicted octanol–water partition coefficient (Wildman–Crippen LogP) is 2.98. The highest BCUT2D eigenvalue weighted by Crippen LogP contribution is 2.25. The summed E-state index contributed by atoms with van der Waals surface area (Å²) in [4.78, 5) is 25.7. The van der Waals surface area contributed by atoms with Crippen LogP contribution in [-0.4, -0.2) is 56.6 Å². The highest BCUT2D eigenvalue weighted by Gasteiger charge is 2.23. The maximum atomic E-state index is 12.8. The summed E-state index contributed by atoms with van der Waals surface area (Å²) in [6, 6.07) is 5.96. The van der Waals surface area contributed by atoms with Crippen molar-refractivity contribution in [2.24, 2.45) is 0 Å². The van der Waals surface area contributed by atoms with Crippen LogP contribution in [0.4, 0.5) is 5.69 Å². The first kappa shape index (κ1) is 19.6. The number of aromatic nitrogens is 4. The lowest BCUT2D eigenvalue weighted by molar-refractivity contribution is -0.131. The highest BCUT2D eigenvalue weighted by molar-refractivity contribution is 6.30. The van der Waals surface area contributed by atoms with Crippen molar-refractivity contribution in [2.75, 3.05) is 31.1 Å². The normalized spacial score (nSPS) is 14.6. The molecule has 7 nitrogen and oxygen atoms in total. The van der Waals surface area contributed by atoms with Gasteiger partial charge in [0.25, 0.3) is 5.78 Å². The molecule has 1 fully saturated rings. The predicted molar refractivity (Wildman–Crippen MR) is 114 cm³/mol. The first-order chi connectivity index (χ1) is 13.9. The molecule has 0 N–H and O–H groups in total. The Morgan fingerprint density at radius 3 is 2.66 bits per heavy atom. The molecule has 0 spiro atoms. The van der Waals surface area contributed by atoms with Gasteiger partial charge in [-0.05, 0) is 50.5 Å². The minimum atomic E-state index is 0.185. The van der Waals surface area contributed by atoms with Crippen LogP contribution in [0, 0.1) is 20.8 Å². The number of hydrogen-bond acceptors (Lipinski definition) is 5. The van der Waals surface area contributed by atoms with Crippen molar-refractivity contribution in [3.63, 3.8) is 0 Å². The lowest BCUT2D eigenvalue weighted by atomic mass is 10.1. The van der Waals surface area contributed by atoms with Crippen molar-refractivity contribution in [3.05, 3.63) is 52.1 Å². The van der Waals surface area contributed by atoms with Crippen molar-refractivity contribution >= 4 is 29.0 Å². The lowest BCUT2D eigenvalue weighted by Crippen LogP contribution is -2.49. The van der Waals surface area contributed by atoms with E-state index in [-0.39, 0.29) is 5.91 Å². The average Bonchev–Trinajstić information content (AvgIpc) is 3.18. The van der Waals surface area contributed by atoms with Crippen molar-refractivity contribution in [1.82, 2.24) is 24.5 Å². The Kier molecular flexibility index (Phi) is 5.41. The number of amides is 1. The molecule has 8 heteroatoms. The van der Waals surface area contributed by atoms with Crippen molar-refractivity contribution in [1.29, 1.82) is 0 Å². The van der Waals surface area contributed by atoms with Gasteiger partial charge in [-0.25, -0.2) is 9.50 Å². The number of halogens is 1. The van der Waals surface area contributed by atoms with Crippen LogP contribution < -0.4 is 4.90 Å². The van der Waals surface area contributed by atoms with E-state index >= 15 is 0 Å². The number of anilines is 1. The van der Waals surface area contributed by atoms with E-state index in [9.17, 15) is 4.79 Å². The lowest BCUT2D eigenvalue weighted by Gasteiger charge is -2.37. The summed E-state index contributed by atoms with van der Waals surface area (Å²) in [7, 11) is 0. The van der Waals surface area contributed by atoms with E-state index in [0.717, 1.165) is 53.8 Å². The SMILES string of the molecule is Cc1ccc(Cl)cc1N1CCN(C(=O)CCc2c(C)nc3ncnn3c2C)CC1. The van der Waals surface area contributed by atoms with Crippen molar-refractivity contribution in [3.8, 4) is 0 Å². The number of hydrogen-bond donors (Lipinski definition) is 0. The van der Waals surface area contributed by atoms with E-state index in [1.165, 1.54) is 11.9 Å². The molecule has 1 aromatic carbocycles. The number of carbonyl (C=O) groups excluding carboxylic acids is 1. The molecule has 0 radical (unpaired) electrons. The largest absolute Gasteiger partial charge is 0.368 e. The van der Waals surface area contributed by atoms with Crippen LogP contribution in [0.25, 0.3) is 5.78 Å².